The Kier molecular flexibility index (Phi) is 4.06. The Bertz CT molecular complexity index is 569. The highest BCUT2D eigenvalue weighted by Crippen LogP contribution is 2.17. The average molecular weight is 282 g/mol. The second-order valence-electron chi connectivity index (χ2n) is 5.69. The van der Waals surface area contributed by atoms with E-state index in [1.807, 2.05) is 12.3 Å². The van der Waals surface area contributed by atoms with Crippen LogP contribution >= 0.6 is 0 Å². The van der Waals surface area contributed by atoms with Crippen LogP contribution in [0.4, 0.5) is 11.5 Å². The summed E-state index contributed by atoms with van der Waals surface area (Å²) in [5.74, 6) is 0.580. The minimum atomic E-state index is 0.580. The summed E-state index contributed by atoms with van der Waals surface area (Å²) in [5, 5.41) is 0. The summed E-state index contributed by atoms with van der Waals surface area (Å²) in [6.45, 7) is 7.41. The highest BCUT2D eigenvalue weighted by Gasteiger charge is 2.17. The number of aryl methyl sites for hydroxylation is 1. The molecule has 3 rings (SSSR count). The zero-order valence-corrected chi connectivity index (χ0v) is 12.5. The average Bonchev–Trinajstić information content (AvgIpc) is 2.51. The van der Waals surface area contributed by atoms with Gasteiger partial charge in [0.25, 0.3) is 0 Å². The highest BCUT2D eigenvalue weighted by molar-refractivity contribution is 5.48. The van der Waals surface area contributed by atoms with E-state index in [2.05, 4.69) is 52.0 Å². The molecule has 0 radical (unpaired) electrons. The van der Waals surface area contributed by atoms with Crippen molar-refractivity contribution in [3.05, 3.63) is 53.7 Å². The fourth-order valence-corrected chi connectivity index (χ4v) is 2.70. The summed E-state index contributed by atoms with van der Waals surface area (Å²) in [6.07, 6.45) is 1.87. The lowest BCUT2D eigenvalue weighted by Gasteiger charge is -2.36. The van der Waals surface area contributed by atoms with Gasteiger partial charge in [0.1, 0.15) is 5.82 Å². The van der Waals surface area contributed by atoms with Gasteiger partial charge in [-0.1, -0.05) is 29.8 Å². The minimum absolute atomic E-state index is 0.580. The molecule has 0 amide bonds. The zero-order chi connectivity index (χ0) is 14.7. The molecule has 0 bridgehead atoms. The van der Waals surface area contributed by atoms with Gasteiger partial charge in [0.05, 0.1) is 11.9 Å². The minimum Gasteiger partial charge on any atom is -0.384 e. The van der Waals surface area contributed by atoms with Gasteiger partial charge in [0, 0.05) is 32.7 Å². The first-order valence-corrected chi connectivity index (χ1v) is 7.45. The zero-order valence-electron chi connectivity index (χ0n) is 12.5. The van der Waals surface area contributed by atoms with E-state index in [0.29, 0.717) is 5.82 Å². The maximum atomic E-state index is 5.64. The smallest absolute Gasteiger partial charge is 0.123 e. The molecule has 2 heterocycles. The largest absolute Gasteiger partial charge is 0.384 e. The van der Waals surface area contributed by atoms with Crippen LogP contribution in [0.1, 0.15) is 11.1 Å². The summed E-state index contributed by atoms with van der Waals surface area (Å²) >= 11 is 0. The van der Waals surface area contributed by atoms with Crippen LogP contribution < -0.4 is 10.6 Å². The third kappa shape index (κ3) is 3.52. The maximum absolute atomic E-state index is 5.64. The van der Waals surface area contributed by atoms with Crippen molar-refractivity contribution in [2.45, 2.75) is 13.5 Å². The molecule has 1 aliphatic heterocycles. The third-order valence-electron chi connectivity index (χ3n) is 4.03. The van der Waals surface area contributed by atoms with Crippen LogP contribution in [0.3, 0.4) is 0 Å². The first-order chi connectivity index (χ1) is 10.2. The SMILES string of the molecule is Cc1ccc(CN2CCN(c3ccc(N)nc3)CC2)cc1. The predicted octanol–water partition coefficient (Wildman–Crippen LogP) is 2.29. The predicted molar refractivity (Wildman–Crippen MR) is 87.3 cm³/mol. The molecule has 1 aromatic carbocycles. The molecular formula is C17H22N4. The van der Waals surface area contributed by atoms with Gasteiger partial charge in [-0.3, -0.25) is 4.90 Å². The molecule has 1 saturated heterocycles. The van der Waals surface area contributed by atoms with Crippen molar-refractivity contribution >= 4 is 11.5 Å². The Balaban J connectivity index is 1.55. The van der Waals surface area contributed by atoms with Crippen molar-refractivity contribution in [3.8, 4) is 0 Å². The number of nitrogen functional groups attached to an aromatic ring is 1. The number of nitrogens with zero attached hydrogens (tertiary/aromatic N) is 3. The second-order valence-corrected chi connectivity index (χ2v) is 5.69. The van der Waals surface area contributed by atoms with E-state index >= 15 is 0 Å². The molecule has 0 unspecified atom stereocenters. The third-order valence-corrected chi connectivity index (χ3v) is 4.03. The van der Waals surface area contributed by atoms with Crippen molar-refractivity contribution in [2.24, 2.45) is 0 Å². The Morgan fingerprint density at radius 2 is 1.71 bits per heavy atom. The lowest BCUT2D eigenvalue weighted by atomic mass is 10.1. The molecular weight excluding hydrogens is 260 g/mol. The van der Waals surface area contributed by atoms with Crippen LogP contribution in [-0.4, -0.2) is 36.1 Å². The van der Waals surface area contributed by atoms with E-state index in [-0.39, 0.29) is 0 Å². The first kappa shape index (κ1) is 13.9. The Labute approximate surface area is 126 Å². The lowest BCUT2D eigenvalue weighted by Crippen LogP contribution is -2.46. The van der Waals surface area contributed by atoms with Gasteiger partial charge >= 0.3 is 0 Å². The molecule has 1 aliphatic rings. The molecule has 2 aromatic rings. The van der Waals surface area contributed by atoms with E-state index in [9.17, 15) is 0 Å². The Hall–Kier alpha value is -2.07. The lowest BCUT2D eigenvalue weighted by molar-refractivity contribution is 0.250. The van der Waals surface area contributed by atoms with Gasteiger partial charge < -0.3 is 10.6 Å². The monoisotopic (exact) mass is 282 g/mol. The first-order valence-electron chi connectivity index (χ1n) is 7.45. The number of anilines is 2. The van der Waals surface area contributed by atoms with E-state index in [4.69, 9.17) is 5.73 Å². The van der Waals surface area contributed by atoms with E-state index in [1.165, 1.54) is 16.8 Å². The van der Waals surface area contributed by atoms with E-state index in [1.54, 1.807) is 0 Å². The second kappa shape index (κ2) is 6.14. The molecule has 0 atom stereocenters. The normalized spacial score (nSPS) is 16.1. The molecule has 4 heteroatoms. The number of hydrogen-bond acceptors (Lipinski definition) is 4. The number of benzene rings is 1. The Morgan fingerprint density at radius 3 is 2.33 bits per heavy atom. The summed E-state index contributed by atoms with van der Waals surface area (Å²) in [4.78, 5) is 9.05. The number of rotatable bonds is 3. The Morgan fingerprint density at radius 1 is 1.00 bits per heavy atom. The summed E-state index contributed by atoms with van der Waals surface area (Å²) in [7, 11) is 0. The summed E-state index contributed by atoms with van der Waals surface area (Å²) < 4.78 is 0. The summed E-state index contributed by atoms with van der Waals surface area (Å²) in [6, 6.07) is 12.8. The van der Waals surface area contributed by atoms with Crippen molar-refractivity contribution < 1.29 is 0 Å². The van der Waals surface area contributed by atoms with Gasteiger partial charge in [0.2, 0.25) is 0 Å². The number of aromatic nitrogens is 1. The van der Waals surface area contributed by atoms with Crippen LogP contribution in [0.25, 0.3) is 0 Å². The summed E-state index contributed by atoms with van der Waals surface area (Å²) in [5.41, 5.74) is 9.51. The van der Waals surface area contributed by atoms with Crippen molar-refractivity contribution in [1.82, 2.24) is 9.88 Å². The fraction of sp³-hybridized carbons (Fsp3) is 0.353. The molecule has 110 valence electrons. The van der Waals surface area contributed by atoms with Crippen LogP contribution in [0.2, 0.25) is 0 Å². The molecule has 2 N–H and O–H groups in total. The van der Waals surface area contributed by atoms with Gasteiger partial charge in [-0.25, -0.2) is 4.98 Å². The van der Waals surface area contributed by atoms with Crippen molar-refractivity contribution in [1.29, 1.82) is 0 Å². The fourth-order valence-electron chi connectivity index (χ4n) is 2.70. The molecule has 0 spiro atoms. The molecule has 4 nitrogen and oxygen atoms in total. The molecule has 21 heavy (non-hydrogen) atoms. The van der Waals surface area contributed by atoms with Crippen molar-refractivity contribution in [2.75, 3.05) is 36.8 Å². The number of nitrogens with two attached hydrogens (primary N) is 1. The molecule has 1 aromatic heterocycles. The van der Waals surface area contributed by atoms with E-state index < -0.39 is 0 Å². The number of hydrogen-bond donors (Lipinski definition) is 1. The quantitative estimate of drug-likeness (QED) is 0.938. The van der Waals surface area contributed by atoms with Gasteiger partial charge in [-0.15, -0.1) is 0 Å². The van der Waals surface area contributed by atoms with Gasteiger partial charge in [-0.05, 0) is 24.6 Å². The maximum Gasteiger partial charge on any atom is 0.123 e. The standard InChI is InChI=1S/C17H22N4/c1-14-2-4-15(5-3-14)13-20-8-10-21(11-9-20)16-6-7-17(18)19-12-16/h2-7,12H,8-11,13H2,1H3,(H2,18,19). The molecule has 0 aliphatic carbocycles. The van der Waals surface area contributed by atoms with Gasteiger partial charge in [-0.2, -0.15) is 0 Å². The van der Waals surface area contributed by atoms with Crippen LogP contribution in [0, 0.1) is 6.92 Å². The van der Waals surface area contributed by atoms with Gasteiger partial charge in [0.15, 0.2) is 0 Å². The number of pyridine rings is 1. The molecule has 0 saturated carbocycles. The number of piperazine rings is 1. The molecule has 1 fully saturated rings. The van der Waals surface area contributed by atoms with Crippen molar-refractivity contribution in [3.63, 3.8) is 0 Å². The van der Waals surface area contributed by atoms with E-state index in [0.717, 1.165) is 32.7 Å². The van der Waals surface area contributed by atoms with Crippen LogP contribution in [0.15, 0.2) is 42.6 Å². The topological polar surface area (TPSA) is 45.4 Å². The highest BCUT2D eigenvalue weighted by atomic mass is 15.3. The van der Waals surface area contributed by atoms with Crippen LogP contribution in [-0.2, 0) is 6.54 Å². The van der Waals surface area contributed by atoms with Crippen LogP contribution in [0.5, 0.6) is 0 Å².